The van der Waals surface area contributed by atoms with Gasteiger partial charge < -0.3 is 5.32 Å². The van der Waals surface area contributed by atoms with Crippen LogP contribution in [0.4, 0.5) is 5.69 Å². The fraction of sp³-hybridized carbons (Fsp3) is 0.588. The van der Waals surface area contributed by atoms with E-state index in [4.69, 9.17) is 0 Å². The summed E-state index contributed by atoms with van der Waals surface area (Å²) in [6.07, 6.45) is 2.18. The van der Waals surface area contributed by atoms with Gasteiger partial charge in [-0.2, -0.15) is 10.2 Å². The molecule has 0 aliphatic carbocycles. The predicted molar refractivity (Wildman–Crippen MR) is 92.9 cm³/mol. The summed E-state index contributed by atoms with van der Waals surface area (Å²) in [4.78, 5) is 14.8. The standard InChI is InChI=1S/C17H26N6O/c1-10-16(13(4)22(5)21-10)14-7-6-8-23(14)9-15(24)18-17-11(2)19-20-12(17)3/h14H,6-9H2,1-5H3,(H,18,24)(H,19,20)/t14-/m0/s1. The number of H-pyrrole nitrogens is 1. The normalized spacial score (nSPS) is 18.3. The van der Waals surface area contributed by atoms with Crippen LogP contribution in [0.5, 0.6) is 0 Å². The van der Waals surface area contributed by atoms with Crippen LogP contribution in [0.25, 0.3) is 0 Å². The minimum absolute atomic E-state index is 0.00805. The van der Waals surface area contributed by atoms with E-state index in [1.165, 1.54) is 11.3 Å². The van der Waals surface area contributed by atoms with Crippen molar-refractivity contribution in [3.8, 4) is 0 Å². The SMILES string of the molecule is Cc1n[nH]c(C)c1NC(=O)CN1CCC[C@H]1c1c(C)nn(C)c1C. The van der Waals surface area contributed by atoms with Gasteiger partial charge in [0.2, 0.25) is 5.91 Å². The van der Waals surface area contributed by atoms with E-state index >= 15 is 0 Å². The Balaban J connectivity index is 1.73. The zero-order valence-corrected chi connectivity index (χ0v) is 15.1. The van der Waals surface area contributed by atoms with Crippen LogP contribution in [0.15, 0.2) is 0 Å². The summed E-state index contributed by atoms with van der Waals surface area (Å²) in [6.45, 7) is 9.29. The maximum absolute atomic E-state index is 12.5. The zero-order chi connectivity index (χ0) is 17.4. The van der Waals surface area contributed by atoms with Crippen molar-refractivity contribution in [1.82, 2.24) is 24.9 Å². The van der Waals surface area contributed by atoms with Gasteiger partial charge in [0.1, 0.15) is 0 Å². The van der Waals surface area contributed by atoms with Crippen LogP contribution >= 0.6 is 0 Å². The molecule has 1 aliphatic rings. The number of aromatic amines is 1. The molecular weight excluding hydrogens is 304 g/mol. The van der Waals surface area contributed by atoms with Crippen LogP contribution in [0.3, 0.4) is 0 Å². The minimum Gasteiger partial charge on any atom is -0.322 e. The highest BCUT2D eigenvalue weighted by Crippen LogP contribution is 2.35. The minimum atomic E-state index is 0.00805. The van der Waals surface area contributed by atoms with Crippen molar-refractivity contribution in [1.29, 1.82) is 0 Å². The number of amides is 1. The molecule has 0 bridgehead atoms. The van der Waals surface area contributed by atoms with E-state index in [1.54, 1.807) is 0 Å². The lowest BCUT2D eigenvalue weighted by atomic mass is 10.0. The topological polar surface area (TPSA) is 78.8 Å². The van der Waals surface area contributed by atoms with Gasteiger partial charge in [-0.3, -0.25) is 19.5 Å². The first kappa shape index (κ1) is 16.7. The first-order valence-electron chi connectivity index (χ1n) is 8.44. The number of carbonyl (C=O) groups excluding carboxylic acids is 1. The van der Waals surface area contributed by atoms with E-state index in [0.29, 0.717) is 6.54 Å². The Morgan fingerprint density at radius 1 is 1.29 bits per heavy atom. The first-order valence-corrected chi connectivity index (χ1v) is 8.44. The molecule has 1 fully saturated rings. The number of likely N-dealkylation sites (tertiary alicyclic amines) is 1. The maximum Gasteiger partial charge on any atom is 0.238 e. The molecule has 7 nitrogen and oxygen atoms in total. The van der Waals surface area contributed by atoms with Gasteiger partial charge in [-0.1, -0.05) is 0 Å². The second-order valence-corrected chi connectivity index (χ2v) is 6.69. The van der Waals surface area contributed by atoms with Crippen LogP contribution in [-0.2, 0) is 11.8 Å². The van der Waals surface area contributed by atoms with Gasteiger partial charge in [0, 0.05) is 24.3 Å². The first-order chi connectivity index (χ1) is 11.4. The van der Waals surface area contributed by atoms with Gasteiger partial charge in [0.25, 0.3) is 0 Å². The number of nitrogens with one attached hydrogen (secondary N) is 2. The van der Waals surface area contributed by atoms with Crippen LogP contribution in [-0.4, -0.2) is 43.9 Å². The van der Waals surface area contributed by atoms with Crippen molar-refractivity contribution in [2.45, 2.75) is 46.6 Å². The molecule has 2 N–H and O–H groups in total. The average Bonchev–Trinajstić information content (AvgIpc) is 3.15. The van der Waals surface area contributed by atoms with Crippen molar-refractivity contribution in [3.63, 3.8) is 0 Å². The Labute approximate surface area is 142 Å². The van der Waals surface area contributed by atoms with Gasteiger partial charge in [-0.15, -0.1) is 0 Å². The van der Waals surface area contributed by atoms with Crippen molar-refractivity contribution in [2.24, 2.45) is 7.05 Å². The van der Waals surface area contributed by atoms with Crippen LogP contribution in [0.2, 0.25) is 0 Å². The third-order valence-corrected chi connectivity index (χ3v) is 5.00. The molecule has 1 atom stereocenters. The Hall–Kier alpha value is -2.15. The molecule has 3 heterocycles. The quantitative estimate of drug-likeness (QED) is 0.900. The summed E-state index contributed by atoms with van der Waals surface area (Å²) in [6, 6.07) is 0.274. The van der Waals surface area contributed by atoms with Gasteiger partial charge >= 0.3 is 0 Å². The van der Waals surface area contributed by atoms with E-state index in [0.717, 1.165) is 42.2 Å². The Morgan fingerprint density at radius 2 is 2.04 bits per heavy atom. The van der Waals surface area contributed by atoms with Crippen LogP contribution < -0.4 is 5.32 Å². The molecule has 24 heavy (non-hydrogen) atoms. The Bertz CT molecular complexity index is 740. The number of hydrogen-bond donors (Lipinski definition) is 2. The maximum atomic E-state index is 12.5. The lowest BCUT2D eigenvalue weighted by Gasteiger charge is -2.24. The predicted octanol–water partition coefficient (Wildman–Crippen LogP) is 2.15. The fourth-order valence-electron chi connectivity index (χ4n) is 3.71. The Morgan fingerprint density at radius 3 is 2.62 bits per heavy atom. The Kier molecular flexibility index (Phi) is 4.45. The third kappa shape index (κ3) is 2.96. The molecule has 1 aliphatic heterocycles. The molecule has 3 rings (SSSR count). The lowest BCUT2D eigenvalue weighted by molar-refractivity contribution is -0.117. The van der Waals surface area contributed by atoms with Crippen molar-refractivity contribution in [2.75, 3.05) is 18.4 Å². The number of hydrogen-bond acceptors (Lipinski definition) is 4. The smallest absolute Gasteiger partial charge is 0.238 e. The highest BCUT2D eigenvalue weighted by atomic mass is 16.2. The molecule has 0 saturated carbocycles. The van der Waals surface area contributed by atoms with Gasteiger partial charge in [-0.05, 0) is 47.1 Å². The number of carbonyl (C=O) groups is 1. The second-order valence-electron chi connectivity index (χ2n) is 6.69. The van der Waals surface area contributed by atoms with Gasteiger partial charge in [0.15, 0.2) is 0 Å². The third-order valence-electron chi connectivity index (χ3n) is 5.00. The van der Waals surface area contributed by atoms with E-state index in [2.05, 4.69) is 39.4 Å². The fourth-order valence-corrected chi connectivity index (χ4v) is 3.71. The molecule has 1 amide bonds. The van der Waals surface area contributed by atoms with Gasteiger partial charge in [-0.25, -0.2) is 0 Å². The highest BCUT2D eigenvalue weighted by Gasteiger charge is 2.31. The molecule has 2 aromatic heterocycles. The molecule has 130 valence electrons. The van der Waals surface area contributed by atoms with Crippen LogP contribution in [0.1, 0.15) is 47.2 Å². The second kappa shape index (κ2) is 6.39. The summed E-state index contributed by atoms with van der Waals surface area (Å²) in [5.41, 5.74) is 6.03. The summed E-state index contributed by atoms with van der Waals surface area (Å²) >= 11 is 0. The summed E-state index contributed by atoms with van der Waals surface area (Å²) in [5.74, 6) is 0.00805. The van der Waals surface area contributed by atoms with Crippen molar-refractivity contribution in [3.05, 3.63) is 28.3 Å². The molecular formula is C17H26N6O. The molecule has 0 unspecified atom stereocenters. The van der Waals surface area contributed by atoms with Crippen LogP contribution in [0, 0.1) is 27.7 Å². The number of aryl methyl sites for hydroxylation is 4. The molecule has 0 radical (unpaired) electrons. The number of anilines is 1. The monoisotopic (exact) mass is 330 g/mol. The van der Waals surface area contributed by atoms with Crippen molar-refractivity contribution < 1.29 is 4.79 Å². The highest BCUT2D eigenvalue weighted by molar-refractivity contribution is 5.93. The number of nitrogens with zero attached hydrogens (tertiary/aromatic N) is 4. The van der Waals surface area contributed by atoms with E-state index < -0.39 is 0 Å². The number of aromatic nitrogens is 4. The van der Waals surface area contributed by atoms with E-state index in [1.807, 2.05) is 25.6 Å². The molecule has 0 spiro atoms. The summed E-state index contributed by atoms with van der Waals surface area (Å²) < 4.78 is 1.93. The van der Waals surface area contributed by atoms with E-state index in [-0.39, 0.29) is 11.9 Å². The number of rotatable bonds is 4. The molecule has 2 aromatic rings. The summed E-state index contributed by atoms with van der Waals surface area (Å²) in [7, 11) is 1.97. The molecule has 0 aromatic carbocycles. The zero-order valence-electron chi connectivity index (χ0n) is 15.1. The lowest BCUT2D eigenvalue weighted by Crippen LogP contribution is -2.33. The largest absolute Gasteiger partial charge is 0.322 e. The van der Waals surface area contributed by atoms with Crippen molar-refractivity contribution >= 4 is 11.6 Å². The summed E-state index contributed by atoms with van der Waals surface area (Å²) in [5, 5.41) is 14.6. The average molecular weight is 330 g/mol. The van der Waals surface area contributed by atoms with Gasteiger partial charge in [0.05, 0.1) is 29.3 Å². The van der Waals surface area contributed by atoms with E-state index in [9.17, 15) is 4.79 Å². The molecule has 7 heteroatoms. The molecule has 1 saturated heterocycles.